The first kappa shape index (κ1) is 35.0. The molecule has 0 bridgehead atoms. The minimum absolute atomic E-state index is 0. The Balaban J connectivity index is 0.000000554. The largest absolute Gasteiger partial charge is 0.339 e. The average molecular weight is 585 g/mol. The monoisotopic (exact) mass is 584 g/mol. The molecule has 0 amide bonds. The summed E-state index contributed by atoms with van der Waals surface area (Å²) in [4.78, 5) is 14.6. The number of hydrogen-bond donors (Lipinski definition) is 0. The third-order valence-electron chi connectivity index (χ3n) is 6.05. The minimum Gasteiger partial charge on any atom is -0.339 e. The SMILES string of the molecule is CC1CCC1.CCCCC(C)=Nc1c(C)cc(C2CC2)cc1Cl.[CH2-]C(=O)CCC.[Y].[c-]1ccccc1. The number of halogens is 1. The van der Waals surface area contributed by atoms with E-state index in [1.807, 2.05) is 37.3 Å². The maximum Gasteiger partial charge on any atom is 0.0844 e. The Morgan fingerprint density at radius 1 is 1.06 bits per heavy atom. The Labute approximate surface area is 252 Å². The average Bonchev–Trinajstić information content (AvgIpc) is 3.66. The number of unbranched alkanes of at least 4 members (excludes halogenated alkanes) is 1. The molecule has 197 valence electrons. The van der Waals surface area contributed by atoms with Crippen LogP contribution in [0.2, 0.25) is 5.02 Å². The van der Waals surface area contributed by atoms with E-state index in [1.54, 1.807) is 0 Å². The molecule has 2 aliphatic rings. The topological polar surface area (TPSA) is 29.4 Å². The van der Waals surface area contributed by atoms with Gasteiger partial charge in [-0.3, -0.25) is 4.99 Å². The van der Waals surface area contributed by atoms with E-state index in [-0.39, 0.29) is 38.5 Å². The molecule has 2 aliphatic carbocycles. The summed E-state index contributed by atoms with van der Waals surface area (Å²) in [7, 11) is 0. The van der Waals surface area contributed by atoms with Crippen molar-refractivity contribution in [1.82, 2.24) is 0 Å². The van der Waals surface area contributed by atoms with E-state index in [2.05, 4.69) is 52.8 Å². The Morgan fingerprint density at radius 2 is 1.67 bits per heavy atom. The van der Waals surface area contributed by atoms with E-state index in [4.69, 9.17) is 16.6 Å². The molecule has 0 atom stereocenters. The van der Waals surface area contributed by atoms with E-state index in [0.717, 1.165) is 35.4 Å². The number of carbonyl (C=O) groups excluding carboxylic acids is 1. The fourth-order valence-electron chi connectivity index (χ4n) is 3.47. The van der Waals surface area contributed by atoms with Crippen molar-refractivity contribution < 1.29 is 37.5 Å². The van der Waals surface area contributed by atoms with Crippen molar-refractivity contribution >= 4 is 28.8 Å². The van der Waals surface area contributed by atoms with Crippen LogP contribution in [-0.2, 0) is 37.5 Å². The summed E-state index contributed by atoms with van der Waals surface area (Å²) in [6, 6.07) is 16.9. The second kappa shape index (κ2) is 21.0. The summed E-state index contributed by atoms with van der Waals surface area (Å²) in [6.07, 6.45) is 12.1. The zero-order valence-corrected chi connectivity index (χ0v) is 26.9. The smallest absolute Gasteiger partial charge is 0.0844 e. The second-order valence-electron chi connectivity index (χ2n) is 9.80. The Kier molecular flexibility index (Phi) is 20.5. The van der Waals surface area contributed by atoms with Crippen LogP contribution in [0.5, 0.6) is 0 Å². The van der Waals surface area contributed by atoms with Gasteiger partial charge in [-0.25, -0.2) is 0 Å². The molecule has 0 N–H and O–H groups in total. The molecule has 36 heavy (non-hydrogen) atoms. The van der Waals surface area contributed by atoms with Gasteiger partial charge in [0.2, 0.25) is 0 Å². The van der Waals surface area contributed by atoms with Gasteiger partial charge in [0.15, 0.2) is 0 Å². The summed E-state index contributed by atoms with van der Waals surface area (Å²) in [6.45, 7) is 13.9. The first-order chi connectivity index (χ1) is 16.8. The summed E-state index contributed by atoms with van der Waals surface area (Å²) in [5.41, 5.74) is 4.75. The Morgan fingerprint density at radius 3 is 1.97 bits per heavy atom. The molecule has 0 unspecified atom stereocenters. The van der Waals surface area contributed by atoms with Gasteiger partial charge < -0.3 is 11.7 Å². The maximum atomic E-state index is 9.93. The fraction of sp³-hybridized carbons (Fsp3) is 0.531. The maximum absolute atomic E-state index is 9.93. The number of nitrogens with zero attached hydrogens (tertiary/aromatic N) is 1. The molecule has 0 saturated heterocycles. The predicted octanol–water partition coefficient (Wildman–Crippen LogP) is 10.3. The molecule has 0 aliphatic heterocycles. The molecule has 2 aromatic carbocycles. The summed E-state index contributed by atoms with van der Waals surface area (Å²) < 4.78 is 0. The van der Waals surface area contributed by atoms with Crippen LogP contribution in [0, 0.1) is 25.8 Å². The van der Waals surface area contributed by atoms with E-state index < -0.39 is 0 Å². The molecule has 1 radical (unpaired) electrons. The molecule has 2 aromatic rings. The predicted molar refractivity (Wildman–Crippen MR) is 154 cm³/mol. The zero-order chi connectivity index (χ0) is 26.1. The van der Waals surface area contributed by atoms with E-state index >= 15 is 0 Å². The molecular weight excluding hydrogens is 539 g/mol. The fourth-order valence-corrected chi connectivity index (χ4v) is 3.79. The number of aryl methyl sites for hydroxylation is 1. The minimum atomic E-state index is 0. The number of ketones is 1. The Bertz CT molecular complexity index is 823. The van der Waals surface area contributed by atoms with Crippen LogP contribution in [-0.4, -0.2) is 11.5 Å². The molecule has 2 fully saturated rings. The summed E-state index contributed by atoms with van der Waals surface area (Å²) >= 11 is 6.38. The van der Waals surface area contributed by atoms with Crippen LogP contribution in [0.3, 0.4) is 0 Å². The number of carbonyl (C=O) groups is 1. The van der Waals surface area contributed by atoms with Gasteiger partial charge in [0, 0.05) is 38.4 Å². The number of hydrogen-bond acceptors (Lipinski definition) is 2. The van der Waals surface area contributed by atoms with Crippen molar-refractivity contribution in [2.75, 3.05) is 0 Å². The van der Waals surface area contributed by atoms with Crippen LogP contribution < -0.4 is 0 Å². The normalized spacial score (nSPS) is 14.3. The molecule has 4 rings (SSSR count). The van der Waals surface area contributed by atoms with Crippen LogP contribution in [0.1, 0.15) is 109 Å². The quantitative estimate of drug-likeness (QED) is 0.235. The molecule has 2 saturated carbocycles. The van der Waals surface area contributed by atoms with Crippen LogP contribution in [0.25, 0.3) is 0 Å². The van der Waals surface area contributed by atoms with Crippen molar-refractivity contribution in [2.45, 2.75) is 105 Å². The van der Waals surface area contributed by atoms with Gasteiger partial charge in [0.25, 0.3) is 0 Å². The molecule has 4 heteroatoms. The first-order valence-corrected chi connectivity index (χ1v) is 13.8. The van der Waals surface area contributed by atoms with Crippen molar-refractivity contribution in [1.29, 1.82) is 0 Å². The van der Waals surface area contributed by atoms with Gasteiger partial charge in [-0.15, -0.1) is 0 Å². The second-order valence-corrected chi connectivity index (χ2v) is 10.2. The third kappa shape index (κ3) is 16.7. The molecular formula is C32H46ClNOY-2. The first-order valence-electron chi connectivity index (χ1n) is 13.4. The van der Waals surface area contributed by atoms with E-state index in [1.165, 1.54) is 61.8 Å². The van der Waals surface area contributed by atoms with E-state index in [9.17, 15) is 4.79 Å². The van der Waals surface area contributed by atoms with Gasteiger partial charge in [-0.2, -0.15) is 36.4 Å². The summed E-state index contributed by atoms with van der Waals surface area (Å²) in [5, 5.41) is 0.813. The number of rotatable bonds is 7. The van der Waals surface area contributed by atoms with Gasteiger partial charge in [0.05, 0.1) is 10.7 Å². The van der Waals surface area contributed by atoms with Gasteiger partial charge in [0.1, 0.15) is 0 Å². The van der Waals surface area contributed by atoms with Crippen LogP contribution in [0.15, 0.2) is 47.5 Å². The van der Waals surface area contributed by atoms with Crippen LogP contribution in [0.4, 0.5) is 5.69 Å². The van der Waals surface area contributed by atoms with Gasteiger partial charge in [-0.1, -0.05) is 70.5 Å². The number of Topliss-reactive ketones (excluding diaryl/α,β-unsaturated/α-hetero) is 1. The Hall–Kier alpha value is -0.956. The van der Waals surface area contributed by atoms with Crippen molar-refractivity contribution in [3.63, 3.8) is 0 Å². The van der Waals surface area contributed by atoms with Gasteiger partial charge >= 0.3 is 0 Å². The van der Waals surface area contributed by atoms with Crippen molar-refractivity contribution in [3.05, 3.63) is 71.6 Å². The third-order valence-corrected chi connectivity index (χ3v) is 6.34. The molecule has 0 aromatic heterocycles. The number of aliphatic imine (C=N–C) groups is 1. The van der Waals surface area contributed by atoms with Crippen molar-refractivity contribution in [3.8, 4) is 0 Å². The van der Waals surface area contributed by atoms with Crippen molar-refractivity contribution in [2.24, 2.45) is 10.9 Å². The standard InChI is InChI=1S/C16H22ClN.C6H5.C5H9O.C5H10.Y/c1-4-5-6-12(3)18-16-11(2)9-14(10-15(16)17)13-7-8-13;1-2-4-6-5-3-1;1-3-4-5(2)6;1-5-3-2-4-5;/h9-10,13H,4-8H2,1-3H3;1-5H;2-4H2,1H3;5H,2-4H2,1H3;/q;2*-1;;. The van der Waals surface area contributed by atoms with Crippen LogP contribution >= 0.6 is 11.6 Å². The molecule has 2 nitrogen and oxygen atoms in total. The molecule has 0 spiro atoms. The zero-order valence-electron chi connectivity index (χ0n) is 23.3. The van der Waals surface area contributed by atoms with E-state index in [0.29, 0.717) is 6.42 Å². The number of benzene rings is 2. The summed E-state index contributed by atoms with van der Waals surface area (Å²) in [5.74, 6) is 1.85. The molecule has 0 heterocycles. The van der Waals surface area contributed by atoms with Gasteiger partial charge in [-0.05, 0) is 80.8 Å².